The predicted octanol–water partition coefficient (Wildman–Crippen LogP) is -0.190. The third-order valence-electron chi connectivity index (χ3n) is 1.13. The third-order valence-corrected chi connectivity index (χ3v) is 1.13. The van der Waals surface area contributed by atoms with Crippen molar-refractivity contribution in [3.8, 4) is 0 Å². The normalized spacial score (nSPS) is 10.0. The van der Waals surface area contributed by atoms with Crippen LogP contribution in [-0.4, -0.2) is 9.55 Å². The SMILES string of the molecule is Cn1ccnc1CON. The fraction of sp³-hybridized carbons (Fsp3) is 0.400. The van der Waals surface area contributed by atoms with Crippen LogP contribution in [0.5, 0.6) is 0 Å². The molecule has 0 radical (unpaired) electrons. The summed E-state index contributed by atoms with van der Waals surface area (Å²) in [6.07, 6.45) is 3.54. The summed E-state index contributed by atoms with van der Waals surface area (Å²) in [4.78, 5) is 8.35. The zero-order valence-corrected chi connectivity index (χ0v) is 5.24. The van der Waals surface area contributed by atoms with E-state index in [1.165, 1.54) is 0 Å². The predicted molar refractivity (Wildman–Crippen MR) is 32.2 cm³/mol. The van der Waals surface area contributed by atoms with Crippen LogP contribution in [0, 0.1) is 0 Å². The molecule has 0 bridgehead atoms. The molecule has 9 heavy (non-hydrogen) atoms. The second-order valence-corrected chi connectivity index (χ2v) is 1.77. The number of aryl methyl sites for hydroxylation is 1. The molecule has 4 heteroatoms. The van der Waals surface area contributed by atoms with Gasteiger partial charge in [-0.1, -0.05) is 0 Å². The Morgan fingerprint density at radius 3 is 3.11 bits per heavy atom. The number of nitrogens with zero attached hydrogens (tertiary/aromatic N) is 2. The van der Waals surface area contributed by atoms with E-state index in [0.717, 1.165) is 5.82 Å². The molecule has 0 unspecified atom stereocenters. The summed E-state index contributed by atoms with van der Waals surface area (Å²) in [5.41, 5.74) is 0. The highest BCUT2D eigenvalue weighted by molar-refractivity contribution is 4.88. The quantitative estimate of drug-likeness (QED) is 0.560. The topological polar surface area (TPSA) is 53.1 Å². The average molecular weight is 127 g/mol. The van der Waals surface area contributed by atoms with Crippen molar-refractivity contribution in [2.24, 2.45) is 12.9 Å². The first-order chi connectivity index (χ1) is 4.34. The molecule has 0 aliphatic rings. The second-order valence-electron chi connectivity index (χ2n) is 1.77. The van der Waals surface area contributed by atoms with E-state index in [0.29, 0.717) is 6.61 Å². The van der Waals surface area contributed by atoms with Gasteiger partial charge in [-0.25, -0.2) is 10.9 Å². The van der Waals surface area contributed by atoms with Crippen LogP contribution in [0.15, 0.2) is 12.4 Å². The van der Waals surface area contributed by atoms with Gasteiger partial charge in [-0.3, -0.25) is 4.84 Å². The van der Waals surface area contributed by atoms with Crippen LogP contribution in [0.2, 0.25) is 0 Å². The van der Waals surface area contributed by atoms with E-state index in [1.807, 2.05) is 17.8 Å². The van der Waals surface area contributed by atoms with Gasteiger partial charge in [0.1, 0.15) is 12.4 Å². The largest absolute Gasteiger partial charge is 0.336 e. The lowest BCUT2D eigenvalue weighted by molar-refractivity contribution is 0.116. The van der Waals surface area contributed by atoms with Crippen molar-refractivity contribution in [3.63, 3.8) is 0 Å². The number of imidazole rings is 1. The Kier molecular flexibility index (Phi) is 1.81. The number of hydrogen-bond acceptors (Lipinski definition) is 3. The number of aromatic nitrogens is 2. The van der Waals surface area contributed by atoms with Crippen LogP contribution < -0.4 is 5.90 Å². The minimum absolute atomic E-state index is 0.365. The highest BCUT2D eigenvalue weighted by atomic mass is 16.6. The maximum atomic E-state index is 4.84. The summed E-state index contributed by atoms with van der Waals surface area (Å²) in [6, 6.07) is 0. The van der Waals surface area contributed by atoms with Crippen molar-refractivity contribution in [1.29, 1.82) is 0 Å². The molecule has 0 aliphatic heterocycles. The van der Waals surface area contributed by atoms with Crippen molar-refractivity contribution < 1.29 is 4.84 Å². The molecular weight excluding hydrogens is 118 g/mol. The molecule has 0 fully saturated rings. The molecular formula is C5H9N3O. The smallest absolute Gasteiger partial charge is 0.136 e. The van der Waals surface area contributed by atoms with Gasteiger partial charge in [-0.15, -0.1) is 0 Å². The molecule has 50 valence electrons. The molecule has 0 spiro atoms. The highest BCUT2D eigenvalue weighted by Gasteiger charge is 1.94. The molecule has 1 heterocycles. The van der Waals surface area contributed by atoms with Gasteiger partial charge < -0.3 is 4.57 Å². The van der Waals surface area contributed by atoms with Crippen LogP contribution in [0.3, 0.4) is 0 Å². The Bertz CT molecular complexity index is 184. The van der Waals surface area contributed by atoms with Crippen molar-refractivity contribution in [3.05, 3.63) is 18.2 Å². The Balaban J connectivity index is 2.69. The van der Waals surface area contributed by atoms with Crippen LogP contribution in [0.4, 0.5) is 0 Å². The van der Waals surface area contributed by atoms with Gasteiger partial charge in [-0.2, -0.15) is 0 Å². The van der Waals surface area contributed by atoms with Crippen LogP contribution >= 0.6 is 0 Å². The van der Waals surface area contributed by atoms with Gasteiger partial charge in [-0.05, 0) is 0 Å². The zero-order chi connectivity index (χ0) is 6.69. The van der Waals surface area contributed by atoms with Gasteiger partial charge in [0.05, 0.1) is 0 Å². The Morgan fingerprint density at radius 2 is 2.67 bits per heavy atom. The molecule has 2 N–H and O–H groups in total. The molecule has 1 aromatic heterocycles. The first kappa shape index (κ1) is 6.25. The molecule has 0 atom stereocenters. The number of hydrogen-bond donors (Lipinski definition) is 1. The lowest BCUT2D eigenvalue weighted by Gasteiger charge is -1.96. The lowest BCUT2D eigenvalue weighted by Crippen LogP contribution is -2.04. The minimum atomic E-state index is 0.365. The molecule has 0 aliphatic carbocycles. The molecule has 1 rings (SSSR count). The van der Waals surface area contributed by atoms with E-state index in [1.54, 1.807) is 6.20 Å². The first-order valence-corrected chi connectivity index (χ1v) is 2.62. The Morgan fingerprint density at radius 1 is 1.89 bits per heavy atom. The van der Waals surface area contributed by atoms with E-state index < -0.39 is 0 Å². The number of nitrogens with two attached hydrogens (primary N) is 1. The van der Waals surface area contributed by atoms with E-state index >= 15 is 0 Å². The van der Waals surface area contributed by atoms with E-state index in [4.69, 9.17) is 5.90 Å². The second kappa shape index (κ2) is 2.61. The zero-order valence-electron chi connectivity index (χ0n) is 5.24. The summed E-state index contributed by atoms with van der Waals surface area (Å²) in [5, 5.41) is 0. The van der Waals surface area contributed by atoms with Crippen molar-refractivity contribution >= 4 is 0 Å². The van der Waals surface area contributed by atoms with Crippen LogP contribution in [-0.2, 0) is 18.5 Å². The lowest BCUT2D eigenvalue weighted by atomic mass is 10.6. The van der Waals surface area contributed by atoms with Gasteiger partial charge in [0.2, 0.25) is 0 Å². The first-order valence-electron chi connectivity index (χ1n) is 2.62. The maximum absolute atomic E-state index is 4.84. The fourth-order valence-electron chi connectivity index (χ4n) is 0.610. The molecule has 0 amide bonds. The summed E-state index contributed by atoms with van der Waals surface area (Å²) in [5.74, 6) is 5.67. The van der Waals surface area contributed by atoms with Crippen molar-refractivity contribution in [2.75, 3.05) is 0 Å². The van der Waals surface area contributed by atoms with E-state index in [2.05, 4.69) is 9.82 Å². The highest BCUT2D eigenvalue weighted by Crippen LogP contribution is 1.93. The Hall–Kier alpha value is -0.870. The summed E-state index contributed by atoms with van der Waals surface area (Å²) < 4.78 is 1.85. The Labute approximate surface area is 53.2 Å². The van der Waals surface area contributed by atoms with E-state index in [9.17, 15) is 0 Å². The third kappa shape index (κ3) is 1.28. The fourth-order valence-corrected chi connectivity index (χ4v) is 0.610. The van der Waals surface area contributed by atoms with Gasteiger partial charge in [0.25, 0.3) is 0 Å². The number of rotatable bonds is 2. The van der Waals surface area contributed by atoms with Crippen LogP contribution in [0.1, 0.15) is 5.82 Å². The average Bonchev–Trinajstić information content (AvgIpc) is 2.18. The van der Waals surface area contributed by atoms with Crippen molar-refractivity contribution in [1.82, 2.24) is 9.55 Å². The van der Waals surface area contributed by atoms with Gasteiger partial charge >= 0.3 is 0 Å². The maximum Gasteiger partial charge on any atom is 0.136 e. The van der Waals surface area contributed by atoms with Crippen LogP contribution in [0.25, 0.3) is 0 Å². The molecule has 0 saturated heterocycles. The summed E-state index contributed by atoms with van der Waals surface area (Å²) in [7, 11) is 1.89. The standard InChI is InChI=1S/C5H9N3O/c1-8-3-2-7-5(8)4-9-6/h2-3H,4,6H2,1H3. The molecule has 0 aromatic carbocycles. The summed E-state index contributed by atoms with van der Waals surface area (Å²) >= 11 is 0. The molecule has 4 nitrogen and oxygen atoms in total. The summed E-state index contributed by atoms with van der Waals surface area (Å²) in [6.45, 7) is 0.365. The molecule has 1 aromatic rings. The molecule has 0 saturated carbocycles. The van der Waals surface area contributed by atoms with Crippen molar-refractivity contribution in [2.45, 2.75) is 6.61 Å². The van der Waals surface area contributed by atoms with Gasteiger partial charge in [0, 0.05) is 19.4 Å². The van der Waals surface area contributed by atoms with E-state index in [-0.39, 0.29) is 0 Å². The monoisotopic (exact) mass is 127 g/mol. The van der Waals surface area contributed by atoms with Gasteiger partial charge in [0.15, 0.2) is 0 Å². The minimum Gasteiger partial charge on any atom is -0.336 e.